The molecular weight excluding hydrogens is 389 g/mol. The van der Waals surface area contributed by atoms with Gasteiger partial charge in [-0.15, -0.1) is 13.2 Å². The Labute approximate surface area is 166 Å². The summed E-state index contributed by atoms with van der Waals surface area (Å²) in [6.45, 7) is 1.87. The molecule has 29 heavy (non-hydrogen) atoms. The van der Waals surface area contributed by atoms with E-state index in [9.17, 15) is 18.0 Å². The van der Waals surface area contributed by atoms with Gasteiger partial charge < -0.3 is 19.3 Å². The first kappa shape index (κ1) is 22.0. The van der Waals surface area contributed by atoms with E-state index in [2.05, 4.69) is 16.6 Å². The van der Waals surface area contributed by atoms with Gasteiger partial charge in [0.2, 0.25) is 0 Å². The molecule has 0 fully saturated rings. The van der Waals surface area contributed by atoms with Crippen LogP contribution in [0, 0.1) is 11.8 Å². The number of rotatable bonds is 8. The first-order valence-corrected chi connectivity index (χ1v) is 8.70. The summed E-state index contributed by atoms with van der Waals surface area (Å²) in [4.78, 5) is 10.7. The molecule has 1 atom stereocenters. The van der Waals surface area contributed by atoms with Crippen LogP contribution >= 0.6 is 0 Å². The summed E-state index contributed by atoms with van der Waals surface area (Å²) in [5, 5.41) is 8.80. The standard InChI is InChI=1S/C21H19F3O5/c1-15(20(25)26)28-18-12-10-17(11-13-18)27-14-4-2-3-5-16-6-8-19(9-7-16)29-21(22,23)24/h6-13,15H,2,4,14H2,1H3,(H,25,26). The Morgan fingerprint density at radius 1 is 1.03 bits per heavy atom. The van der Waals surface area contributed by atoms with E-state index < -0.39 is 18.4 Å². The zero-order valence-electron chi connectivity index (χ0n) is 15.5. The van der Waals surface area contributed by atoms with E-state index in [0.717, 1.165) is 0 Å². The number of ether oxygens (including phenoxy) is 3. The van der Waals surface area contributed by atoms with Gasteiger partial charge in [0.1, 0.15) is 17.2 Å². The van der Waals surface area contributed by atoms with Gasteiger partial charge >= 0.3 is 12.3 Å². The first-order valence-electron chi connectivity index (χ1n) is 8.70. The van der Waals surface area contributed by atoms with Gasteiger partial charge in [-0.3, -0.25) is 0 Å². The number of carboxylic acid groups (broad SMARTS) is 1. The highest BCUT2D eigenvalue weighted by molar-refractivity contribution is 5.72. The molecule has 0 aliphatic carbocycles. The molecule has 0 aliphatic rings. The summed E-state index contributed by atoms with van der Waals surface area (Å²) in [5.74, 6) is 5.51. The van der Waals surface area contributed by atoms with Gasteiger partial charge in [-0.2, -0.15) is 0 Å². The summed E-state index contributed by atoms with van der Waals surface area (Å²) in [6, 6.07) is 12.0. The van der Waals surface area contributed by atoms with Gasteiger partial charge in [0.25, 0.3) is 0 Å². The minimum absolute atomic E-state index is 0.287. The summed E-state index contributed by atoms with van der Waals surface area (Å²) in [6.07, 6.45) is -4.43. The third kappa shape index (κ3) is 8.47. The van der Waals surface area contributed by atoms with E-state index in [0.29, 0.717) is 36.5 Å². The number of hydrogen-bond donors (Lipinski definition) is 1. The lowest BCUT2D eigenvalue weighted by atomic mass is 10.2. The van der Waals surface area contributed by atoms with Crippen molar-refractivity contribution in [2.75, 3.05) is 6.61 Å². The van der Waals surface area contributed by atoms with Crippen LogP contribution in [0.1, 0.15) is 25.3 Å². The fourth-order valence-corrected chi connectivity index (χ4v) is 2.12. The van der Waals surface area contributed by atoms with Gasteiger partial charge in [-0.05, 0) is 61.9 Å². The van der Waals surface area contributed by atoms with Crippen molar-refractivity contribution < 1.29 is 37.3 Å². The molecule has 1 unspecified atom stereocenters. The van der Waals surface area contributed by atoms with Crippen LogP contribution < -0.4 is 14.2 Å². The molecule has 0 amide bonds. The maximum absolute atomic E-state index is 12.1. The minimum atomic E-state index is -4.71. The molecule has 5 nitrogen and oxygen atoms in total. The van der Waals surface area contributed by atoms with Gasteiger partial charge in [-0.1, -0.05) is 11.8 Å². The fourth-order valence-electron chi connectivity index (χ4n) is 2.12. The predicted molar refractivity (Wildman–Crippen MR) is 98.9 cm³/mol. The topological polar surface area (TPSA) is 65.0 Å². The monoisotopic (exact) mass is 408 g/mol. The summed E-state index contributed by atoms with van der Waals surface area (Å²) in [7, 11) is 0. The van der Waals surface area contributed by atoms with Gasteiger partial charge in [0, 0.05) is 12.0 Å². The highest BCUT2D eigenvalue weighted by Crippen LogP contribution is 2.22. The van der Waals surface area contributed by atoms with Crippen LogP contribution in [-0.2, 0) is 4.79 Å². The van der Waals surface area contributed by atoms with E-state index in [1.807, 2.05) is 0 Å². The second-order valence-electron chi connectivity index (χ2n) is 5.90. The zero-order valence-corrected chi connectivity index (χ0v) is 15.5. The first-order chi connectivity index (χ1) is 13.7. The van der Waals surface area contributed by atoms with Crippen LogP contribution in [0.2, 0.25) is 0 Å². The molecule has 0 bridgehead atoms. The number of unbranched alkanes of at least 4 members (excludes halogenated alkanes) is 1. The third-order valence-corrected chi connectivity index (χ3v) is 3.52. The Kier molecular flexibility index (Phi) is 7.78. The van der Waals surface area contributed by atoms with Crippen LogP contribution in [-0.4, -0.2) is 30.1 Å². The maximum Gasteiger partial charge on any atom is 0.573 e. The van der Waals surface area contributed by atoms with E-state index in [4.69, 9.17) is 14.6 Å². The highest BCUT2D eigenvalue weighted by Gasteiger charge is 2.30. The van der Waals surface area contributed by atoms with Gasteiger partial charge in [-0.25, -0.2) is 4.79 Å². The maximum atomic E-state index is 12.1. The second kappa shape index (κ2) is 10.3. The number of carboxylic acids is 1. The molecule has 8 heteroatoms. The molecule has 0 aliphatic heterocycles. The summed E-state index contributed by atoms with van der Waals surface area (Å²) < 4.78 is 50.9. The number of benzene rings is 2. The molecule has 154 valence electrons. The van der Waals surface area contributed by atoms with E-state index >= 15 is 0 Å². The average molecular weight is 408 g/mol. The Hall–Kier alpha value is -3.34. The lowest BCUT2D eigenvalue weighted by molar-refractivity contribution is -0.274. The SMILES string of the molecule is CC(Oc1ccc(OCCCC#Cc2ccc(OC(F)(F)F)cc2)cc1)C(=O)O. The fraction of sp³-hybridized carbons (Fsp3) is 0.286. The Morgan fingerprint density at radius 3 is 2.21 bits per heavy atom. The zero-order chi connectivity index (χ0) is 21.3. The molecule has 0 saturated heterocycles. The lowest BCUT2D eigenvalue weighted by Crippen LogP contribution is -2.22. The summed E-state index contributed by atoms with van der Waals surface area (Å²) >= 11 is 0. The highest BCUT2D eigenvalue weighted by atomic mass is 19.4. The van der Waals surface area contributed by atoms with Crippen LogP contribution in [0.4, 0.5) is 13.2 Å². The third-order valence-electron chi connectivity index (χ3n) is 3.52. The van der Waals surface area contributed by atoms with Crippen molar-refractivity contribution in [2.45, 2.75) is 32.2 Å². The van der Waals surface area contributed by atoms with Gasteiger partial charge in [0.15, 0.2) is 6.10 Å². The van der Waals surface area contributed by atoms with E-state index in [1.165, 1.54) is 31.2 Å². The second-order valence-corrected chi connectivity index (χ2v) is 5.90. The number of hydrogen-bond acceptors (Lipinski definition) is 4. The summed E-state index contributed by atoms with van der Waals surface area (Å²) in [5.41, 5.74) is 0.589. The van der Waals surface area contributed by atoms with Crippen molar-refractivity contribution in [3.05, 3.63) is 54.1 Å². The molecule has 1 N–H and O–H groups in total. The normalized spacial score (nSPS) is 11.7. The van der Waals surface area contributed by atoms with Crippen molar-refractivity contribution in [2.24, 2.45) is 0 Å². The Morgan fingerprint density at radius 2 is 1.62 bits per heavy atom. The number of alkyl halides is 3. The van der Waals surface area contributed by atoms with Crippen LogP contribution in [0.5, 0.6) is 17.2 Å². The molecule has 2 rings (SSSR count). The van der Waals surface area contributed by atoms with E-state index in [-0.39, 0.29) is 5.75 Å². The largest absolute Gasteiger partial charge is 0.573 e. The lowest BCUT2D eigenvalue weighted by Gasteiger charge is -2.11. The molecule has 0 spiro atoms. The van der Waals surface area contributed by atoms with E-state index in [1.54, 1.807) is 24.3 Å². The van der Waals surface area contributed by atoms with Crippen LogP contribution in [0.15, 0.2) is 48.5 Å². The van der Waals surface area contributed by atoms with Crippen molar-refractivity contribution in [1.29, 1.82) is 0 Å². The number of halogens is 3. The molecule has 2 aromatic rings. The molecule has 0 saturated carbocycles. The molecule has 0 aromatic heterocycles. The van der Waals surface area contributed by atoms with Crippen molar-refractivity contribution in [3.63, 3.8) is 0 Å². The quantitative estimate of drug-likeness (QED) is 0.509. The average Bonchev–Trinajstić information content (AvgIpc) is 2.66. The molecule has 2 aromatic carbocycles. The van der Waals surface area contributed by atoms with Gasteiger partial charge in [0.05, 0.1) is 6.61 Å². The smallest absolute Gasteiger partial charge is 0.494 e. The number of aliphatic carboxylic acids is 1. The van der Waals surface area contributed by atoms with Crippen molar-refractivity contribution in [1.82, 2.24) is 0 Å². The van der Waals surface area contributed by atoms with Crippen LogP contribution in [0.3, 0.4) is 0 Å². The van der Waals surface area contributed by atoms with Crippen molar-refractivity contribution in [3.8, 4) is 29.1 Å². The number of carbonyl (C=O) groups is 1. The predicted octanol–water partition coefficient (Wildman–Crippen LogP) is 4.65. The molecular formula is C21H19F3O5. The van der Waals surface area contributed by atoms with Crippen molar-refractivity contribution >= 4 is 5.97 Å². The molecule has 0 radical (unpaired) electrons. The minimum Gasteiger partial charge on any atom is -0.494 e. The Bertz CT molecular complexity index is 849. The molecule has 0 heterocycles. The Balaban J connectivity index is 1.70. The van der Waals surface area contributed by atoms with Crippen LogP contribution in [0.25, 0.3) is 0 Å².